The molecule has 0 fully saturated rings. The number of ketones is 1. The summed E-state index contributed by atoms with van der Waals surface area (Å²) in [5.74, 6) is -0.118. The quantitative estimate of drug-likeness (QED) is 0.776. The van der Waals surface area contributed by atoms with Crippen molar-refractivity contribution in [1.82, 2.24) is 0 Å². The van der Waals surface area contributed by atoms with Crippen molar-refractivity contribution in [3.05, 3.63) is 35.4 Å². The Labute approximate surface area is 113 Å². The molecule has 0 N–H and O–H groups in total. The highest BCUT2D eigenvalue weighted by molar-refractivity contribution is 7.55. The molecule has 0 saturated heterocycles. The van der Waals surface area contributed by atoms with E-state index in [1.54, 1.807) is 19.9 Å². The van der Waals surface area contributed by atoms with Crippen LogP contribution in [0.5, 0.6) is 0 Å². The van der Waals surface area contributed by atoms with Crippen LogP contribution >= 0.6 is 7.60 Å². The monoisotopic (exact) mass is 282 g/mol. The fourth-order valence-electron chi connectivity index (χ4n) is 2.46. The van der Waals surface area contributed by atoms with Crippen LogP contribution in [-0.4, -0.2) is 24.7 Å². The summed E-state index contributed by atoms with van der Waals surface area (Å²) in [6.45, 7) is 4.07. The van der Waals surface area contributed by atoms with Gasteiger partial charge in [0.1, 0.15) is 5.66 Å². The Bertz CT molecular complexity index is 502. The van der Waals surface area contributed by atoms with E-state index in [0.717, 1.165) is 12.0 Å². The van der Waals surface area contributed by atoms with Gasteiger partial charge in [-0.2, -0.15) is 0 Å². The van der Waals surface area contributed by atoms with E-state index in [4.69, 9.17) is 9.05 Å². The van der Waals surface area contributed by atoms with Crippen LogP contribution in [0.15, 0.2) is 24.3 Å². The molecule has 2 rings (SSSR count). The first-order chi connectivity index (χ1) is 9.12. The van der Waals surface area contributed by atoms with Crippen molar-refractivity contribution in [1.29, 1.82) is 0 Å². The maximum atomic E-state index is 12.7. The minimum absolute atomic E-state index is 0.118. The predicted octanol–water partition coefficient (Wildman–Crippen LogP) is 3.45. The molecular formula is C14H19O4P. The first kappa shape index (κ1) is 14.4. The Hall–Kier alpha value is -0.960. The first-order valence-electron chi connectivity index (χ1n) is 6.63. The molecule has 0 aliphatic heterocycles. The van der Waals surface area contributed by atoms with Crippen LogP contribution in [0, 0.1) is 0 Å². The molecule has 0 spiro atoms. The van der Waals surface area contributed by atoms with Gasteiger partial charge in [0.05, 0.1) is 13.2 Å². The molecule has 19 heavy (non-hydrogen) atoms. The van der Waals surface area contributed by atoms with Crippen molar-refractivity contribution >= 4 is 13.4 Å². The Morgan fingerprint density at radius 3 is 2.47 bits per heavy atom. The minimum Gasteiger partial charge on any atom is -0.308 e. The fraction of sp³-hybridized carbons (Fsp3) is 0.500. The zero-order valence-electron chi connectivity index (χ0n) is 11.3. The molecule has 0 amide bonds. The van der Waals surface area contributed by atoms with Gasteiger partial charge in [-0.3, -0.25) is 9.36 Å². The summed E-state index contributed by atoms with van der Waals surface area (Å²) in [4.78, 5) is 12.5. The second-order valence-corrected chi connectivity index (χ2v) is 6.67. The molecule has 0 unspecified atom stereocenters. The van der Waals surface area contributed by atoms with E-state index in [1.807, 2.05) is 18.2 Å². The highest BCUT2D eigenvalue weighted by Gasteiger charge is 2.43. The van der Waals surface area contributed by atoms with Crippen molar-refractivity contribution < 1.29 is 18.4 Å². The molecule has 0 heterocycles. The molecule has 104 valence electrons. The van der Waals surface area contributed by atoms with Crippen molar-refractivity contribution in [2.24, 2.45) is 0 Å². The maximum Gasteiger partial charge on any atom is 0.341 e. The molecule has 0 aromatic heterocycles. The van der Waals surface area contributed by atoms with E-state index in [2.05, 4.69) is 0 Å². The van der Waals surface area contributed by atoms with E-state index >= 15 is 0 Å². The van der Waals surface area contributed by atoms with Gasteiger partial charge in [0.15, 0.2) is 5.78 Å². The minimum atomic E-state index is -3.36. The lowest BCUT2D eigenvalue weighted by molar-refractivity contribution is 0.0955. The van der Waals surface area contributed by atoms with Gasteiger partial charge in [-0.1, -0.05) is 24.3 Å². The smallest absolute Gasteiger partial charge is 0.308 e. The van der Waals surface area contributed by atoms with Crippen LogP contribution in [0.25, 0.3) is 0 Å². The van der Waals surface area contributed by atoms with Gasteiger partial charge in [0, 0.05) is 5.56 Å². The molecule has 1 aromatic carbocycles. The van der Waals surface area contributed by atoms with Gasteiger partial charge in [0.25, 0.3) is 0 Å². The normalized spacial score (nSPS) is 19.3. The molecule has 1 aromatic rings. The van der Waals surface area contributed by atoms with E-state index < -0.39 is 13.3 Å². The SMILES string of the molecule is CCOP(=O)(OCC)[C@@H]1CCc2ccccc2C1=O. The Kier molecular flexibility index (Phi) is 4.56. The van der Waals surface area contributed by atoms with Crippen molar-refractivity contribution in [3.63, 3.8) is 0 Å². The summed E-state index contributed by atoms with van der Waals surface area (Å²) in [7, 11) is -3.36. The lowest BCUT2D eigenvalue weighted by Gasteiger charge is -2.29. The summed E-state index contributed by atoms with van der Waals surface area (Å²) in [5, 5.41) is 0. The topological polar surface area (TPSA) is 52.6 Å². The molecule has 5 heteroatoms. The zero-order chi connectivity index (χ0) is 13.9. The van der Waals surface area contributed by atoms with E-state index in [-0.39, 0.29) is 19.0 Å². The third-order valence-corrected chi connectivity index (χ3v) is 5.76. The third-order valence-electron chi connectivity index (χ3n) is 3.27. The summed E-state index contributed by atoms with van der Waals surface area (Å²) >= 11 is 0. The summed E-state index contributed by atoms with van der Waals surface area (Å²) in [5.41, 5.74) is 1.00. The summed E-state index contributed by atoms with van der Waals surface area (Å²) in [6, 6.07) is 7.46. The van der Waals surface area contributed by atoms with Crippen LogP contribution in [0.4, 0.5) is 0 Å². The Morgan fingerprint density at radius 2 is 1.84 bits per heavy atom. The number of fused-ring (bicyclic) bond motifs is 1. The average Bonchev–Trinajstić information content (AvgIpc) is 2.40. The first-order valence-corrected chi connectivity index (χ1v) is 8.24. The number of carbonyl (C=O) groups excluding carboxylic acids is 1. The Balaban J connectivity index is 2.32. The molecular weight excluding hydrogens is 263 g/mol. The van der Waals surface area contributed by atoms with Crippen molar-refractivity contribution in [2.45, 2.75) is 32.3 Å². The van der Waals surface area contributed by atoms with Gasteiger partial charge in [-0.15, -0.1) is 0 Å². The van der Waals surface area contributed by atoms with Gasteiger partial charge in [-0.05, 0) is 32.3 Å². The molecule has 1 aliphatic rings. The number of Topliss-reactive ketones (excluding diaryl/α,β-unsaturated/α-hetero) is 1. The van der Waals surface area contributed by atoms with Gasteiger partial charge >= 0.3 is 7.60 Å². The second-order valence-electron chi connectivity index (χ2n) is 4.45. The van der Waals surface area contributed by atoms with Gasteiger partial charge in [0.2, 0.25) is 0 Å². The fourth-order valence-corrected chi connectivity index (χ4v) is 4.49. The number of carbonyl (C=O) groups is 1. The van der Waals surface area contributed by atoms with Crippen LogP contribution in [-0.2, 0) is 20.0 Å². The van der Waals surface area contributed by atoms with Crippen LogP contribution in [0.2, 0.25) is 0 Å². The lowest BCUT2D eigenvalue weighted by atomic mass is 9.90. The highest BCUT2D eigenvalue weighted by Crippen LogP contribution is 2.56. The number of hydrogen-bond donors (Lipinski definition) is 0. The zero-order valence-corrected chi connectivity index (χ0v) is 12.2. The van der Waals surface area contributed by atoms with E-state index in [1.165, 1.54) is 0 Å². The largest absolute Gasteiger partial charge is 0.341 e. The third kappa shape index (κ3) is 2.81. The van der Waals surface area contributed by atoms with Crippen molar-refractivity contribution in [2.75, 3.05) is 13.2 Å². The summed E-state index contributed by atoms with van der Waals surface area (Å²) in [6.07, 6.45) is 1.25. The number of aryl methyl sites for hydroxylation is 1. The van der Waals surface area contributed by atoms with Crippen molar-refractivity contribution in [3.8, 4) is 0 Å². The van der Waals surface area contributed by atoms with Gasteiger partial charge in [-0.25, -0.2) is 0 Å². The highest BCUT2D eigenvalue weighted by atomic mass is 31.2. The molecule has 0 saturated carbocycles. The average molecular weight is 282 g/mol. The summed E-state index contributed by atoms with van der Waals surface area (Å²) < 4.78 is 23.3. The predicted molar refractivity (Wildman–Crippen MR) is 73.7 cm³/mol. The van der Waals surface area contributed by atoms with E-state index in [0.29, 0.717) is 12.0 Å². The lowest BCUT2D eigenvalue weighted by Crippen LogP contribution is -2.29. The number of rotatable bonds is 5. The number of benzene rings is 1. The van der Waals surface area contributed by atoms with Crippen LogP contribution in [0.3, 0.4) is 0 Å². The Morgan fingerprint density at radius 1 is 1.21 bits per heavy atom. The number of hydrogen-bond acceptors (Lipinski definition) is 4. The molecule has 1 atom stereocenters. The molecule has 4 nitrogen and oxygen atoms in total. The molecule has 0 bridgehead atoms. The molecule has 0 radical (unpaired) electrons. The molecule has 1 aliphatic carbocycles. The van der Waals surface area contributed by atoms with Crippen LogP contribution < -0.4 is 0 Å². The van der Waals surface area contributed by atoms with Gasteiger partial charge < -0.3 is 9.05 Å². The maximum absolute atomic E-state index is 12.7. The van der Waals surface area contributed by atoms with Crippen LogP contribution in [0.1, 0.15) is 36.2 Å². The standard InChI is InChI=1S/C14H19O4P/c1-3-17-19(16,18-4-2)13-10-9-11-7-5-6-8-12(11)14(13)15/h5-8,13H,3-4,9-10H2,1-2H3/t13-/m1/s1. The second kappa shape index (κ2) is 6.00. The van der Waals surface area contributed by atoms with E-state index in [9.17, 15) is 9.36 Å².